The number of phosphoric ester groups is 1. The molecule has 6 atom stereocenters. The average molecular weight is 882 g/mol. The summed E-state index contributed by atoms with van der Waals surface area (Å²) in [5, 5.41) is 42.6. The second kappa shape index (κ2) is 37.2. The molecule has 0 aromatic heterocycles. The first-order valence-corrected chi connectivity index (χ1v) is 25.5. The fourth-order valence-corrected chi connectivity index (χ4v) is 8.06. The predicted octanol–water partition coefficient (Wildman–Crippen LogP) is 8.71. The fraction of sp³-hybridized carbons (Fsp3) is 0.956. The zero-order valence-corrected chi connectivity index (χ0v) is 38.6. The van der Waals surface area contributed by atoms with Gasteiger partial charge in [0.05, 0.1) is 26.4 Å². The molecule has 15 heteroatoms. The Bertz CT molecular complexity index is 1090. The summed E-state index contributed by atoms with van der Waals surface area (Å²) in [4.78, 5) is 35.6. The molecule has 0 spiro atoms. The van der Waals surface area contributed by atoms with E-state index in [1.54, 1.807) is 0 Å². The monoisotopic (exact) mass is 882 g/mol. The van der Waals surface area contributed by atoms with E-state index in [1.807, 2.05) is 0 Å². The zero-order chi connectivity index (χ0) is 44.2. The predicted molar refractivity (Wildman–Crippen MR) is 234 cm³/mol. The lowest BCUT2D eigenvalue weighted by Gasteiger charge is -2.41. The summed E-state index contributed by atoms with van der Waals surface area (Å²) in [6.45, 7) is 2.40. The van der Waals surface area contributed by atoms with Crippen molar-refractivity contribution in [1.29, 1.82) is 0 Å². The van der Waals surface area contributed by atoms with E-state index in [0.29, 0.717) is 12.8 Å². The van der Waals surface area contributed by atoms with Crippen molar-refractivity contribution >= 4 is 19.8 Å². The number of aliphatic hydroxyl groups is 4. The summed E-state index contributed by atoms with van der Waals surface area (Å²) in [7, 11) is -4.64. The van der Waals surface area contributed by atoms with Crippen LogP contribution in [-0.2, 0) is 37.4 Å². The summed E-state index contributed by atoms with van der Waals surface area (Å²) < 4.78 is 38.8. The molecule has 0 amide bonds. The lowest BCUT2D eigenvalue weighted by atomic mass is 9.97. The van der Waals surface area contributed by atoms with Gasteiger partial charge in [0.2, 0.25) is 5.79 Å². The van der Waals surface area contributed by atoms with Gasteiger partial charge in [-0.15, -0.1) is 0 Å². The van der Waals surface area contributed by atoms with E-state index >= 15 is 0 Å². The third kappa shape index (κ3) is 30.8. The number of hydrogen-bond acceptors (Lipinski definition) is 13. The second-order valence-electron chi connectivity index (χ2n) is 16.9. The van der Waals surface area contributed by atoms with Crippen molar-refractivity contribution in [2.75, 3.05) is 39.5 Å². The van der Waals surface area contributed by atoms with Gasteiger partial charge in [0.1, 0.15) is 24.9 Å². The van der Waals surface area contributed by atoms with Gasteiger partial charge in [-0.3, -0.25) is 18.6 Å². The van der Waals surface area contributed by atoms with Crippen molar-refractivity contribution in [3.8, 4) is 0 Å². The molecule has 1 fully saturated rings. The molecule has 6 N–H and O–H groups in total. The number of unbranched alkanes of at least 4 members (excludes halogenated alkanes) is 26. The van der Waals surface area contributed by atoms with Gasteiger partial charge in [0.15, 0.2) is 6.10 Å². The van der Waals surface area contributed by atoms with E-state index in [-0.39, 0.29) is 39.1 Å². The summed E-state index contributed by atoms with van der Waals surface area (Å²) in [5.74, 6) is -3.13. The highest BCUT2D eigenvalue weighted by Gasteiger charge is 2.48. The van der Waals surface area contributed by atoms with Crippen LogP contribution < -0.4 is 5.32 Å². The first-order chi connectivity index (χ1) is 28.9. The van der Waals surface area contributed by atoms with Gasteiger partial charge in [-0.05, 0) is 12.8 Å². The van der Waals surface area contributed by atoms with Crippen LogP contribution >= 0.6 is 7.82 Å². The summed E-state index contributed by atoms with van der Waals surface area (Å²) in [6, 6.07) is 0. The highest BCUT2D eigenvalue weighted by Crippen LogP contribution is 2.43. The SMILES string of the molecule is CCCCCCCCCCCCCCCCCC(=O)O[C@H](COC(=O)CCCCCCCCCCCCCCC)COP(=O)(O)OCCNC[C@@]1(O)OC[C@@H](O)[C@@H](O)[C@@H]1O. The maximum Gasteiger partial charge on any atom is 0.472 e. The topological polar surface area (TPSA) is 211 Å². The molecule has 356 valence electrons. The van der Waals surface area contributed by atoms with Crippen LogP contribution in [0.5, 0.6) is 0 Å². The molecule has 1 aliphatic rings. The smallest absolute Gasteiger partial charge is 0.462 e. The molecule has 1 aliphatic heterocycles. The van der Waals surface area contributed by atoms with Crippen molar-refractivity contribution < 1.29 is 62.7 Å². The molecule has 60 heavy (non-hydrogen) atoms. The highest BCUT2D eigenvalue weighted by molar-refractivity contribution is 7.47. The molecule has 0 bridgehead atoms. The van der Waals surface area contributed by atoms with Crippen LogP contribution in [-0.4, -0.2) is 107 Å². The van der Waals surface area contributed by atoms with Gasteiger partial charge < -0.3 is 44.8 Å². The Kier molecular flexibility index (Phi) is 35.2. The van der Waals surface area contributed by atoms with Crippen LogP contribution in [0.4, 0.5) is 0 Å². The maximum atomic E-state index is 12.8. The van der Waals surface area contributed by atoms with E-state index in [2.05, 4.69) is 19.2 Å². The first-order valence-electron chi connectivity index (χ1n) is 24.0. The standard InChI is InChI=1S/C45H88NO13P/c1-3-5-7-9-11-13-15-17-18-20-22-24-26-28-30-32-42(49)59-39(35-55-41(48)31-29-27-25-23-21-19-16-14-12-10-8-6-4-2)36-58-60(53,54)57-34-33-46-38-45(52)44(51)43(50)40(47)37-56-45/h39-40,43-44,46-47,50-52H,3-38H2,1-2H3,(H,53,54)/t39-,40-,43-,44+,45-/m1/s1. The summed E-state index contributed by atoms with van der Waals surface area (Å²) in [5.41, 5.74) is 0. The number of hydrogen-bond donors (Lipinski definition) is 6. The Morgan fingerprint density at radius 1 is 0.650 bits per heavy atom. The van der Waals surface area contributed by atoms with Crippen LogP contribution in [0.15, 0.2) is 0 Å². The number of rotatable bonds is 42. The second-order valence-corrected chi connectivity index (χ2v) is 18.4. The molecule has 0 aliphatic carbocycles. The van der Waals surface area contributed by atoms with Crippen LogP contribution in [0.1, 0.15) is 206 Å². The highest BCUT2D eigenvalue weighted by atomic mass is 31.2. The Balaban J connectivity index is 2.40. The Labute approximate surface area is 363 Å². The first kappa shape index (κ1) is 56.8. The van der Waals surface area contributed by atoms with Crippen LogP contribution in [0.25, 0.3) is 0 Å². The van der Waals surface area contributed by atoms with Gasteiger partial charge in [-0.1, -0.05) is 181 Å². The molecule has 1 unspecified atom stereocenters. The third-order valence-electron chi connectivity index (χ3n) is 11.2. The van der Waals surface area contributed by atoms with Gasteiger partial charge in [0.25, 0.3) is 0 Å². The van der Waals surface area contributed by atoms with E-state index in [9.17, 15) is 39.5 Å². The molecular formula is C45H88NO13P. The van der Waals surface area contributed by atoms with Crippen LogP contribution in [0, 0.1) is 0 Å². The third-order valence-corrected chi connectivity index (χ3v) is 12.2. The summed E-state index contributed by atoms with van der Waals surface area (Å²) in [6.07, 6.45) is 28.1. The van der Waals surface area contributed by atoms with E-state index in [1.165, 1.54) is 128 Å². The van der Waals surface area contributed by atoms with Gasteiger partial charge in [0, 0.05) is 19.4 Å². The lowest BCUT2D eigenvalue weighted by Crippen LogP contribution is -2.64. The van der Waals surface area contributed by atoms with Crippen molar-refractivity contribution in [2.24, 2.45) is 0 Å². The summed E-state index contributed by atoms with van der Waals surface area (Å²) >= 11 is 0. The lowest BCUT2D eigenvalue weighted by molar-refractivity contribution is -0.317. The number of ether oxygens (including phenoxy) is 3. The quantitative estimate of drug-likeness (QED) is 0.0193. The molecule has 0 aromatic carbocycles. The number of carbonyl (C=O) groups is 2. The van der Waals surface area contributed by atoms with Gasteiger partial charge in [-0.2, -0.15) is 0 Å². The Morgan fingerprint density at radius 2 is 1.07 bits per heavy atom. The molecular weight excluding hydrogens is 793 g/mol. The van der Waals surface area contributed by atoms with Gasteiger partial charge >= 0.3 is 19.8 Å². The number of nitrogens with one attached hydrogen (secondary N) is 1. The number of aliphatic hydroxyl groups excluding tert-OH is 3. The van der Waals surface area contributed by atoms with Crippen molar-refractivity contribution in [2.45, 2.75) is 237 Å². The van der Waals surface area contributed by atoms with Crippen molar-refractivity contribution in [1.82, 2.24) is 5.32 Å². The molecule has 1 heterocycles. The average Bonchev–Trinajstić information content (AvgIpc) is 3.22. The minimum atomic E-state index is -4.64. The zero-order valence-electron chi connectivity index (χ0n) is 37.7. The van der Waals surface area contributed by atoms with Crippen LogP contribution in [0.2, 0.25) is 0 Å². The molecule has 0 radical (unpaired) electrons. The minimum absolute atomic E-state index is 0.0839. The number of phosphoric acid groups is 1. The molecule has 0 aromatic rings. The molecule has 0 saturated carbocycles. The van der Waals surface area contributed by atoms with Gasteiger partial charge in [-0.25, -0.2) is 4.57 Å². The maximum absolute atomic E-state index is 12.8. The van der Waals surface area contributed by atoms with E-state index < -0.39 is 63.2 Å². The molecule has 1 saturated heterocycles. The van der Waals surface area contributed by atoms with Crippen molar-refractivity contribution in [3.05, 3.63) is 0 Å². The Morgan fingerprint density at radius 3 is 1.52 bits per heavy atom. The number of esters is 2. The molecule has 1 rings (SSSR count). The minimum Gasteiger partial charge on any atom is -0.462 e. The number of carbonyl (C=O) groups excluding carboxylic acids is 2. The fourth-order valence-electron chi connectivity index (χ4n) is 7.31. The Hall–Kier alpha value is -1.19. The van der Waals surface area contributed by atoms with Crippen LogP contribution in [0.3, 0.4) is 0 Å². The van der Waals surface area contributed by atoms with Crippen molar-refractivity contribution in [3.63, 3.8) is 0 Å². The largest absolute Gasteiger partial charge is 0.472 e. The molecule has 14 nitrogen and oxygen atoms in total. The van der Waals surface area contributed by atoms with E-state index in [4.69, 9.17) is 23.3 Å². The van der Waals surface area contributed by atoms with E-state index in [0.717, 1.165) is 38.5 Å². The normalized spacial score (nSPS) is 20.8.